The summed E-state index contributed by atoms with van der Waals surface area (Å²) in [4.78, 5) is 25.5. The fraction of sp³-hybridized carbons (Fsp3) is 0.615. The van der Waals surface area contributed by atoms with Gasteiger partial charge < -0.3 is 9.72 Å². The van der Waals surface area contributed by atoms with Crippen LogP contribution < -0.4 is 5.69 Å². The first-order chi connectivity index (χ1) is 9.24. The van der Waals surface area contributed by atoms with Crippen molar-refractivity contribution in [3.63, 3.8) is 0 Å². The standard InChI is InChI=1S/C13H16N4O2/c18-12-15-9-5-14-10(16-11(9)17-12)8-1-3-13(4-2-8)6-19-7-13/h5,8H,1-4,6-7H2,(H2,14,15,16,17,18). The molecular weight excluding hydrogens is 244 g/mol. The second-order valence-corrected chi connectivity index (χ2v) is 5.84. The van der Waals surface area contributed by atoms with Crippen molar-refractivity contribution in [3.05, 3.63) is 22.5 Å². The predicted octanol–water partition coefficient (Wildman–Crippen LogP) is 1.32. The van der Waals surface area contributed by atoms with Crippen LogP contribution >= 0.6 is 0 Å². The van der Waals surface area contributed by atoms with Gasteiger partial charge in [0.1, 0.15) is 11.3 Å². The third kappa shape index (κ3) is 1.78. The molecule has 2 aliphatic rings. The van der Waals surface area contributed by atoms with E-state index in [0.29, 0.717) is 22.5 Å². The second kappa shape index (κ2) is 3.90. The lowest BCUT2D eigenvalue weighted by Gasteiger charge is -2.46. The van der Waals surface area contributed by atoms with E-state index >= 15 is 0 Å². The Morgan fingerprint density at radius 1 is 1.26 bits per heavy atom. The molecule has 2 fully saturated rings. The van der Waals surface area contributed by atoms with Gasteiger partial charge in [-0.2, -0.15) is 0 Å². The van der Waals surface area contributed by atoms with E-state index in [4.69, 9.17) is 4.74 Å². The number of nitrogens with zero attached hydrogens (tertiary/aromatic N) is 2. The third-order valence-corrected chi connectivity index (χ3v) is 4.52. The maximum absolute atomic E-state index is 11.2. The average Bonchev–Trinajstić information content (AvgIpc) is 2.76. The number of nitrogens with one attached hydrogen (secondary N) is 2. The highest BCUT2D eigenvalue weighted by Crippen LogP contribution is 2.46. The zero-order chi connectivity index (χ0) is 12.9. The van der Waals surface area contributed by atoms with Gasteiger partial charge in [0.25, 0.3) is 0 Å². The van der Waals surface area contributed by atoms with Gasteiger partial charge >= 0.3 is 5.69 Å². The lowest BCUT2D eigenvalue weighted by atomic mass is 9.69. The number of rotatable bonds is 1. The van der Waals surface area contributed by atoms with E-state index in [2.05, 4.69) is 19.9 Å². The minimum Gasteiger partial charge on any atom is -0.380 e. The summed E-state index contributed by atoms with van der Waals surface area (Å²) in [6.45, 7) is 1.84. The van der Waals surface area contributed by atoms with Crippen molar-refractivity contribution in [2.45, 2.75) is 31.6 Å². The van der Waals surface area contributed by atoms with E-state index in [1.807, 2.05) is 0 Å². The Bertz CT molecular complexity index is 661. The zero-order valence-corrected chi connectivity index (χ0v) is 10.6. The van der Waals surface area contributed by atoms with Crippen molar-refractivity contribution in [2.75, 3.05) is 13.2 Å². The number of ether oxygens (including phenoxy) is 1. The summed E-state index contributed by atoms with van der Waals surface area (Å²) < 4.78 is 5.34. The topological polar surface area (TPSA) is 83.7 Å². The van der Waals surface area contributed by atoms with Gasteiger partial charge in [-0.05, 0) is 25.7 Å². The quantitative estimate of drug-likeness (QED) is 0.810. The van der Waals surface area contributed by atoms with Gasteiger partial charge in [0.15, 0.2) is 5.65 Å². The van der Waals surface area contributed by atoms with Gasteiger partial charge in [-0.15, -0.1) is 0 Å². The van der Waals surface area contributed by atoms with E-state index in [0.717, 1.165) is 31.9 Å². The minimum absolute atomic E-state index is 0.226. The monoisotopic (exact) mass is 260 g/mol. The van der Waals surface area contributed by atoms with E-state index in [1.165, 1.54) is 12.8 Å². The summed E-state index contributed by atoms with van der Waals surface area (Å²) in [6.07, 6.45) is 6.32. The molecule has 1 saturated carbocycles. The molecule has 0 unspecified atom stereocenters. The van der Waals surface area contributed by atoms with E-state index in [-0.39, 0.29) is 5.69 Å². The van der Waals surface area contributed by atoms with Crippen molar-refractivity contribution in [3.8, 4) is 0 Å². The summed E-state index contributed by atoms with van der Waals surface area (Å²) in [6, 6.07) is 0. The van der Waals surface area contributed by atoms with Crippen LogP contribution in [0.1, 0.15) is 37.4 Å². The van der Waals surface area contributed by atoms with E-state index in [9.17, 15) is 4.79 Å². The third-order valence-electron chi connectivity index (χ3n) is 4.52. The van der Waals surface area contributed by atoms with Crippen LogP contribution in [-0.4, -0.2) is 33.1 Å². The van der Waals surface area contributed by atoms with Crippen LogP contribution in [0.25, 0.3) is 11.2 Å². The van der Waals surface area contributed by atoms with Crippen molar-refractivity contribution in [2.24, 2.45) is 5.41 Å². The summed E-state index contributed by atoms with van der Waals surface area (Å²) in [5, 5.41) is 0. The predicted molar refractivity (Wildman–Crippen MR) is 69.0 cm³/mol. The molecule has 1 aliphatic heterocycles. The van der Waals surface area contributed by atoms with Gasteiger partial charge in [0, 0.05) is 11.3 Å². The van der Waals surface area contributed by atoms with Gasteiger partial charge in [-0.25, -0.2) is 14.8 Å². The number of hydrogen-bond donors (Lipinski definition) is 2. The molecule has 0 amide bonds. The highest BCUT2D eigenvalue weighted by atomic mass is 16.5. The smallest absolute Gasteiger partial charge is 0.325 e. The summed E-state index contributed by atoms with van der Waals surface area (Å²) in [5.74, 6) is 1.27. The molecule has 100 valence electrons. The molecule has 0 aromatic carbocycles. The molecule has 2 aromatic rings. The zero-order valence-electron chi connectivity index (χ0n) is 10.6. The Balaban J connectivity index is 1.58. The molecule has 1 aliphatic carbocycles. The Kier molecular flexibility index (Phi) is 2.29. The second-order valence-electron chi connectivity index (χ2n) is 5.84. The molecule has 6 heteroatoms. The molecule has 0 bridgehead atoms. The van der Waals surface area contributed by atoms with Gasteiger partial charge in [0.2, 0.25) is 0 Å². The molecule has 6 nitrogen and oxygen atoms in total. The SMILES string of the molecule is O=c1[nH]c2cnc(C3CCC4(CC3)COC4)nc2[nH]1. The molecule has 4 rings (SSSR count). The largest absolute Gasteiger partial charge is 0.380 e. The number of aromatic nitrogens is 4. The summed E-state index contributed by atoms with van der Waals surface area (Å²) >= 11 is 0. The first-order valence-electron chi connectivity index (χ1n) is 6.77. The van der Waals surface area contributed by atoms with Crippen LogP contribution in [0.4, 0.5) is 0 Å². The number of H-pyrrole nitrogens is 2. The van der Waals surface area contributed by atoms with Crippen molar-refractivity contribution >= 4 is 11.2 Å². The minimum atomic E-state index is -0.226. The molecule has 3 heterocycles. The number of fused-ring (bicyclic) bond motifs is 1. The van der Waals surface area contributed by atoms with Crippen molar-refractivity contribution in [1.82, 2.24) is 19.9 Å². The Morgan fingerprint density at radius 3 is 2.74 bits per heavy atom. The van der Waals surface area contributed by atoms with Crippen molar-refractivity contribution in [1.29, 1.82) is 0 Å². The molecule has 2 N–H and O–H groups in total. The van der Waals surface area contributed by atoms with E-state index < -0.39 is 0 Å². The van der Waals surface area contributed by atoms with Gasteiger partial charge in [-0.3, -0.25) is 4.98 Å². The summed E-state index contributed by atoms with van der Waals surface area (Å²) in [7, 11) is 0. The van der Waals surface area contributed by atoms with E-state index in [1.54, 1.807) is 6.20 Å². The molecule has 1 saturated heterocycles. The average molecular weight is 260 g/mol. The molecule has 2 aromatic heterocycles. The molecule has 0 atom stereocenters. The van der Waals surface area contributed by atoms with Crippen LogP contribution in [0.2, 0.25) is 0 Å². The Hall–Kier alpha value is -1.69. The van der Waals surface area contributed by atoms with Gasteiger partial charge in [0.05, 0.1) is 19.4 Å². The maximum Gasteiger partial charge on any atom is 0.325 e. The first kappa shape index (κ1) is 11.2. The summed E-state index contributed by atoms with van der Waals surface area (Å²) in [5.41, 5.74) is 1.51. The lowest BCUT2D eigenvalue weighted by molar-refractivity contribution is -0.133. The highest BCUT2D eigenvalue weighted by molar-refractivity contribution is 5.68. The Morgan fingerprint density at radius 2 is 2.05 bits per heavy atom. The lowest BCUT2D eigenvalue weighted by Crippen LogP contribution is -2.44. The fourth-order valence-corrected chi connectivity index (χ4v) is 3.21. The van der Waals surface area contributed by atoms with Gasteiger partial charge in [-0.1, -0.05) is 0 Å². The number of aromatic amines is 2. The number of imidazole rings is 1. The van der Waals surface area contributed by atoms with Crippen LogP contribution in [0.15, 0.2) is 11.0 Å². The number of hydrogen-bond acceptors (Lipinski definition) is 4. The fourth-order valence-electron chi connectivity index (χ4n) is 3.21. The van der Waals surface area contributed by atoms with Crippen LogP contribution in [0.5, 0.6) is 0 Å². The van der Waals surface area contributed by atoms with Crippen LogP contribution in [0, 0.1) is 5.41 Å². The molecule has 1 spiro atoms. The van der Waals surface area contributed by atoms with Crippen molar-refractivity contribution < 1.29 is 4.74 Å². The van der Waals surface area contributed by atoms with Crippen LogP contribution in [-0.2, 0) is 4.74 Å². The first-order valence-corrected chi connectivity index (χ1v) is 6.77. The van der Waals surface area contributed by atoms with Crippen LogP contribution in [0.3, 0.4) is 0 Å². The highest BCUT2D eigenvalue weighted by Gasteiger charge is 2.42. The Labute approximate surface area is 109 Å². The molecule has 0 radical (unpaired) electrons. The molecule has 19 heavy (non-hydrogen) atoms. The normalized spacial score (nSPS) is 22.7. The molecular formula is C13H16N4O2. The maximum atomic E-state index is 11.2.